The van der Waals surface area contributed by atoms with E-state index in [1.807, 2.05) is 17.5 Å². The Morgan fingerprint density at radius 2 is 2.00 bits per heavy atom. The van der Waals surface area contributed by atoms with E-state index in [0.717, 1.165) is 36.9 Å². The number of hydrogen-bond acceptors (Lipinski definition) is 3. The van der Waals surface area contributed by atoms with Crippen molar-refractivity contribution in [3.63, 3.8) is 0 Å². The zero-order valence-corrected chi connectivity index (χ0v) is 12.8. The molecule has 2 aliphatic rings. The highest BCUT2D eigenvalue weighted by Crippen LogP contribution is 2.37. The quantitative estimate of drug-likeness (QED) is 0.879. The van der Waals surface area contributed by atoms with E-state index in [1.54, 1.807) is 11.3 Å². The summed E-state index contributed by atoms with van der Waals surface area (Å²) in [5.74, 6) is 1.48. The molecule has 1 saturated heterocycles. The van der Waals surface area contributed by atoms with Crippen molar-refractivity contribution in [2.24, 2.45) is 17.6 Å². The number of likely N-dealkylation sites (tertiary alicyclic amines) is 1. The molecule has 2 heterocycles. The first kappa shape index (κ1) is 13.3. The van der Waals surface area contributed by atoms with Crippen molar-refractivity contribution < 1.29 is 4.79 Å². The fourth-order valence-corrected chi connectivity index (χ4v) is 4.88. The third-order valence-electron chi connectivity index (χ3n) is 5.09. The summed E-state index contributed by atoms with van der Waals surface area (Å²) in [7, 11) is 0. The molecular weight excluding hydrogens is 280 g/mol. The molecule has 2 aromatic rings. The van der Waals surface area contributed by atoms with E-state index in [0.29, 0.717) is 17.9 Å². The van der Waals surface area contributed by atoms with Crippen LogP contribution in [0.5, 0.6) is 0 Å². The van der Waals surface area contributed by atoms with E-state index >= 15 is 0 Å². The van der Waals surface area contributed by atoms with Gasteiger partial charge in [0, 0.05) is 34.6 Å². The third-order valence-corrected chi connectivity index (χ3v) is 6.05. The van der Waals surface area contributed by atoms with Gasteiger partial charge in [-0.2, -0.15) is 0 Å². The first-order valence-electron chi connectivity index (χ1n) is 7.73. The van der Waals surface area contributed by atoms with Crippen molar-refractivity contribution in [2.75, 3.05) is 13.1 Å². The summed E-state index contributed by atoms with van der Waals surface area (Å²) in [6, 6.07) is 8.51. The molecule has 0 radical (unpaired) electrons. The van der Waals surface area contributed by atoms with Gasteiger partial charge in [-0.25, -0.2) is 0 Å². The Bertz CT molecular complexity index is 680. The van der Waals surface area contributed by atoms with Gasteiger partial charge in [-0.05, 0) is 37.2 Å². The van der Waals surface area contributed by atoms with Crippen LogP contribution in [-0.4, -0.2) is 29.9 Å². The van der Waals surface area contributed by atoms with Gasteiger partial charge < -0.3 is 10.6 Å². The molecule has 4 heteroatoms. The van der Waals surface area contributed by atoms with Gasteiger partial charge in [0.1, 0.15) is 0 Å². The van der Waals surface area contributed by atoms with Gasteiger partial charge in [-0.15, -0.1) is 11.3 Å². The maximum atomic E-state index is 12.8. The molecule has 110 valence electrons. The minimum Gasteiger partial charge on any atom is -0.338 e. The molecule has 3 atom stereocenters. The van der Waals surface area contributed by atoms with E-state index in [2.05, 4.69) is 17.0 Å². The lowest BCUT2D eigenvalue weighted by molar-refractivity contribution is 0.0786. The molecule has 3 nitrogen and oxygen atoms in total. The maximum absolute atomic E-state index is 12.8. The number of carbonyl (C=O) groups excluding carboxylic acids is 1. The molecule has 2 fully saturated rings. The average molecular weight is 300 g/mol. The van der Waals surface area contributed by atoms with Crippen LogP contribution >= 0.6 is 11.3 Å². The van der Waals surface area contributed by atoms with Gasteiger partial charge in [-0.3, -0.25) is 4.79 Å². The summed E-state index contributed by atoms with van der Waals surface area (Å²) in [6.07, 6.45) is 3.38. The highest BCUT2D eigenvalue weighted by atomic mass is 32.1. The number of nitrogens with zero attached hydrogens (tertiary/aromatic N) is 1. The number of rotatable bonds is 1. The highest BCUT2D eigenvalue weighted by Gasteiger charge is 2.39. The smallest absolute Gasteiger partial charge is 0.255 e. The fraction of sp³-hybridized carbons (Fsp3) is 0.471. The predicted octanol–water partition coefficient (Wildman–Crippen LogP) is 3.10. The topological polar surface area (TPSA) is 46.3 Å². The van der Waals surface area contributed by atoms with Crippen LogP contribution in [0.15, 0.2) is 29.6 Å². The van der Waals surface area contributed by atoms with Crippen molar-refractivity contribution in [3.05, 3.63) is 35.2 Å². The van der Waals surface area contributed by atoms with Crippen LogP contribution in [0.4, 0.5) is 0 Å². The molecule has 1 aliphatic carbocycles. The van der Waals surface area contributed by atoms with Crippen LogP contribution in [0.1, 0.15) is 29.6 Å². The largest absolute Gasteiger partial charge is 0.338 e. The van der Waals surface area contributed by atoms with Crippen LogP contribution in [0.2, 0.25) is 0 Å². The number of benzene rings is 1. The van der Waals surface area contributed by atoms with Gasteiger partial charge in [-0.1, -0.05) is 18.2 Å². The Balaban J connectivity index is 1.58. The number of amides is 1. The number of nitrogens with two attached hydrogens (primary N) is 1. The summed E-state index contributed by atoms with van der Waals surface area (Å²) in [5.41, 5.74) is 6.95. The van der Waals surface area contributed by atoms with Crippen LogP contribution in [0.25, 0.3) is 10.1 Å². The van der Waals surface area contributed by atoms with E-state index in [-0.39, 0.29) is 5.91 Å². The second-order valence-electron chi connectivity index (χ2n) is 6.45. The molecule has 21 heavy (non-hydrogen) atoms. The lowest BCUT2D eigenvalue weighted by Gasteiger charge is -2.27. The first-order chi connectivity index (χ1) is 10.2. The van der Waals surface area contributed by atoms with E-state index < -0.39 is 0 Å². The third kappa shape index (κ3) is 2.27. The zero-order valence-electron chi connectivity index (χ0n) is 12.0. The molecule has 1 aromatic carbocycles. The molecule has 1 saturated carbocycles. The Morgan fingerprint density at radius 1 is 1.19 bits per heavy atom. The second-order valence-corrected chi connectivity index (χ2v) is 7.36. The summed E-state index contributed by atoms with van der Waals surface area (Å²) in [4.78, 5) is 14.9. The normalized spacial score (nSPS) is 28.8. The Labute approximate surface area is 128 Å². The standard InChI is InChI=1S/C17H20N2OS/c18-13-6-5-11-8-19(9-12(11)7-13)17(20)15-10-21-16-4-2-1-3-14(15)16/h1-4,10-13H,5-9,18H2/t11-,12+,13?/m1/s1. The minimum absolute atomic E-state index is 0.204. The van der Waals surface area contributed by atoms with Crippen molar-refractivity contribution in [3.8, 4) is 0 Å². The minimum atomic E-state index is 0.204. The predicted molar refractivity (Wildman–Crippen MR) is 86.5 cm³/mol. The van der Waals surface area contributed by atoms with Crippen molar-refractivity contribution in [1.29, 1.82) is 0 Å². The van der Waals surface area contributed by atoms with E-state index in [4.69, 9.17) is 5.73 Å². The molecule has 0 spiro atoms. The SMILES string of the molecule is NC1CC[C@@H]2CN(C(=O)c3csc4ccccc34)C[C@@H]2C1. The average Bonchev–Trinajstić information content (AvgIpc) is 3.09. The molecule has 0 bridgehead atoms. The monoisotopic (exact) mass is 300 g/mol. The molecular formula is C17H20N2OS. The molecule has 1 amide bonds. The van der Waals surface area contributed by atoms with Gasteiger partial charge in [0.2, 0.25) is 0 Å². The molecule has 2 N–H and O–H groups in total. The lowest BCUT2D eigenvalue weighted by atomic mass is 9.79. The molecule has 4 rings (SSSR count). The van der Waals surface area contributed by atoms with Crippen LogP contribution in [0.3, 0.4) is 0 Å². The maximum Gasteiger partial charge on any atom is 0.255 e. The van der Waals surface area contributed by atoms with E-state index in [1.165, 1.54) is 11.1 Å². The van der Waals surface area contributed by atoms with Gasteiger partial charge in [0.15, 0.2) is 0 Å². The van der Waals surface area contributed by atoms with E-state index in [9.17, 15) is 4.79 Å². The van der Waals surface area contributed by atoms with Gasteiger partial charge in [0.05, 0.1) is 5.56 Å². The number of thiophene rings is 1. The summed E-state index contributed by atoms with van der Waals surface area (Å²) >= 11 is 1.66. The number of fused-ring (bicyclic) bond motifs is 2. The lowest BCUT2D eigenvalue weighted by Crippen LogP contribution is -2.32. The molecule has 1 unspecified atom stereocenters. The van der Waals surface area contributed by atoms with Crippen molar-refractivity contribution in [2.45, 2.75) is 25.3 Å². The van der Waals surface area contributed by atoms with Gasteiger partial charge >= 0.3 is 0 Å². The first-order valence-corrected chi connectivity index (χ1v) is 8.61. The van der Waals surface area contributed by atoms with Crippen molar-refractivity contribution in [1.82, 2.24) is 4.90 Å². The van der Waals surface area contributed by atoms with Crippen LogP contribution in [-0.2, 0) is 0 Å². The summed E-state index contributed by atoms with van der Waals surface area (Å²) in [6.45, 7) is 1.81. The number of hydrogen-bond donors (Lipinski definition) is 1. The Hall–Kier alpha value is -1.39. The fourth-order valence-electron chi connectivity index (χ4n) is 3.95. The number of carbonyl (C=O) groups is 1. The zero-order chi connectivity index (χ0) is 14.4. The summed E-state index contributed by atoms with van der Waals surface area (Å²) in [5, 5.41) is 3.11. The van der Waals surface area contributed by atoms with Crippen LogP contribution < -0.4 is 5.73 Å². The summed E-state index contributed by atoms with van der Waals surface area (Å²) < 4.78 is 1.19. The Morgan fingerprint density at radius 3 is 2.90 bits per heavy atom. The van der Waals surface area contributed by atoms with Gasteiger partial charge in [0.25, 0.3) is 5.91 Å². The Kier molecular flexibility index (Phi) is 3.23. The molecule has 1 aromatic heterocycles. The van der Waals surface area contributed by atoms with Crippen LogP contribution in [0, 0.1) is 11.8 Å². The highest BCUT2D eigenvalue weighted by molar-refractivity contribution is 7.17. The second kappa shape index (κ2) is 5.11. The van der Waals surface area contributed by atoms with Crippen molar-refractivity contribution >= 4 is 27.3 Å². The molecule has 1 aliphatic heterocycles.